The summed E-state index contributed by atoms with van der Waals surface area (Å²) in [5, 5.41) is 0. The summed E-state index contributed by atoms with van der Waals surface area (Å²) in [5.74, 6) is 0.539. The van der Waals surface area contributed by atoms with Crippen LogP contribution in [-0.2, 0) is 14.3 Å². The first kappa shape index (κ1) is 15.2. The Morgan fingerprint density at radius 2 is 1.83 bits per heavy atom. The summed E-state index contributed by atoms with van der Waals surface area (Å²) < 4.78 is 5.58. The van der Waals surface area contributed by atoms with Gasteiger partial charge in [0.15, 0.2) is 5.78 Å². The van der Waals surface area contributed by atoms with E-state index in [1.165, 1.54) is 18.4 Å². The van der Waals surface area contributed by atoms with Gasteiger partial charge >= 0.3 is 5.97 Å². The Morgan fingerprint density at radius 1 is 1.09 bits per heavy atom. The third-order valence-corrected chi connectivity index (χ3v) is 7.19. The van der Waals surface area contributed by atoms with E-state index in [-0.39, 0.29) is 22.9 Å². The molecule has 3 heteroatoms. The highest BCUT2D eigenvalue weighted by Crippen LogP contribution is 2.61. The fraction of sp³-hybridized carbons (Fsp3) is 0.700. The van der Waals surface area contributed by atoms with Crippen LogP contribution in [0, 0.1) is 16.7 Å². The van der Waals surface area contributed by atoms with Crippen LogP contribution in [0.5, 0.6) is 0 Å². The molecular weight excluding hydrogens is 288 g/mol. The standard InChI is InChI=1S/C20H26O3/c1-11-12-8-13-14(9-16(12)23-18(11)22)20(4)7-5-6-19(2,3)17(20)10-15(13)21/h16-17H,5-10H2,1-4H3/t16-,17-,20+/m1/s1. The van der Waals surface area contributed by atoms with Gasteiger partial charge < -0.3 is 4.74 Å². The van der Waals surface area contributed by atoms with Crippen molar-refractivity contribution in [3.8, 4) is 0 Å². The number of ketones is 1. The highest BCUT2D eigenvalue weighted by Gasteiger charge is 2.55. The zero-order chi connectivity index (χ0) is 16.6. The van der Waals surface area contributed by atoms with Crippen molar-refractivity contribution in [2.75, 3.05) is 0 Å². The first-order valence-corrected chi connectivity index (χ1v) is 8.90. The minimum atomic E-state index is -0.192. The Labute approximate surface area is 138 Å². The minimum absolute atomic E-state index is 0.0967. The highest BCUT2D eigenvalue weighted by atomic mass is 16.5. The predicted molar refractivity (Wildman–Crippen MR) is 87.7 cm³/mol. The lowest BCUT2D eigenvalue weighted by atomic mass is 9.48. The molecule has 1 heterocycles. The molecule has 23 heavy (non-hydrogen) atoms. The smallest absolute Gasteiger partial charge is 0.334 e. The first-order chi connectivity index (χ1) is 10.7. The van der Waals surface area contributed by atoms with Gasteiger partial charge in [0.1, 0.15) is 6.10 Å². The van der Waals surface area contributed by atoms with Gasteiger partial charge in [-0.1, -0.05) is 32.8 Å². The number of carbonyl (C=O) groups excluding carboxylic acids is 2. The van der Waals surface area contributed by atoms with Crippen LogP contribution < -0.4 is 0 Å². The molecule has 3 nitrogen and oxygen atoms in total. The first-order valence-electron chi connectivity index (χ1n) is 8.90. The second-order valence-corrected chi connectivity index (χ2v) is 8.82. The Hall–Kier alpha value is -1.38. The van der Waals surface area contributed by atoms with E-state index in [9.17, 15) is 9.59 Å². The van der Waals surface area contributed by atoms with Crippen molar-refractivity contribution >= 4 is 11.8 Å². The number of Topliss-reactive ketones (excluding diaryl/α,β-unsaturated/α-hetero) is 1. The zero-order valence-corrected chi connectivity index (χ0v) is 14.6. The molecule has 0 saturated heterocycles. The summed E-state index contributed by atoms with van der Waals surface area (Å²) in [6.07, 6.45) is 5.51. The summed E-state index contributed by atoms with van der Waals surface area (Å²) >= 11 is 0. The van der Waals surface area contributed by atoms with Crippen molar-refractivity contribution in [2.45, 2.75) is 72.3 Å². The average molecular weight is 314 g/mol. The van der Waals surface area contributed by atoms with Crippen molar-refractivity contribution in [3.63, 3.8) is 0 Å². The Balaban J connectivity index is 1.81. The molecular formula is C20H26O3. The van der Waals surface area contributed by atoms with E-state index in [0.29, 0.717) is 24.5 Å². The topological polar surface area (TPSA) is 43.4 Å². The lowest BCUT2D eigenvalue weighted by molar-refractivity contribution is -0.140. The zero-order valence-electron chi connectivity index (χ0n) is 14.6. The second-order valence-electron chi connectivity index (χ2n) is 8.82. The van der Waals surface area contributed by atoms with Crippen molar-refractivity contribution in [1.29, 1.82) is 0 Å². The van der Waals surface area contributed by atoms with E-state index in [1.54, 1.807) is 0 Å². The summed E-state index contributed by atoms with van der Waals surface area (Å²) in [6, 6.07) is 0. The molecule has 0 aromatic carbocycles. The molecule has 0 aromatic heterocycles. The molecule has 0 radical (unpaired) electrons. The summed E-state index contributed by atoms with van der Waals surface area (Å²) in [5.41, 5.74) is 4.40. The average Bonchev–Trinajstić information content (AvgIpc) is 2.75. The van der Waals surface area contributed by atoms with E-state index in [2.05, 4.69) is 20.8 Å². The SMILES string of the molecule is CC1=C2CC3=C(C[C@H]2OC1=O)[C@]1(C)CCCC(C)(C)[C@H]1CC3=O. The molecule has 0 aromatic rings. The molecule has 124 valence electrons. The second kappa shape index (κ2) is 4.58. The number of esters is 1. The molecule has 3 aliphatic carbocycles. The van der Waals surface area contributed by atoms with Gasteiger partial charge in [0.05, 0.1) is 0 Å². The molecule has 4 aliphatic rings. The maximum absolute atomic E-state index is 12.9. The molecule has 0 unspecified atom stereocenters. The molecule has 0 amide bonds. The number of hydrogen-bond donors (Lipinski definition) is 0. The Morgan fingerprint density at radius 3 is 2.57 bits per heavy atom. The number of rotatable bonds is 0. The highest BCUT2D eigenvalue weighted by molar-refractivity contribution is 6.00. The van der Waals surface area contributed by atoms with E-state index < -0.39 is 0 Å². The van der Waals surface area contributed by atoms with E-state index >= 15 is 0 Å². The summed E-state index contributed by atoms with van der Waals surface area (Å²) in [4.78, 5) is 24.8. The van der Waals surface area contributed by atoms with Crippen LogP contribution in [0.2, 0.25) is 0 Å². The van der Waals surface area contributed by atoms with Gasteiger partial charge in [0, 0.05) is 24.8 Å². The lowest BCUT2D eigenvalue weighted by Gasteiger charge is -2.55. The largest absolute Gasteiger partial charge is 0.454 e. The van der Waals surface area contributed by atoms with Gasteiger partial charge in [-0.15, -0.1) is 0 Å². The van der Waals surface area contributed by atoms with Gasteiger partial charge in [-0.05, 0) is 47.7 Å². The van der Waals surface area contributed by atoms with Gasteiger partial charge in [-0.25, -0.2) is 4.79 Å². The molecule has 0 N–H and O–H groups in total. The quantitative estimate of drug-likeness (QED) is 0.632. The number of fused-ring (bicyclic) bond motifs is 3. The normalized spacial score (nSPS) is 39.0. The summed E-state index contributed by atoms with van der Waals surface area (Å²) in [6.45, 7) is 8.84. The van der Waals surface area contributed by atoms with Crippen LogP contribution in [0.4, 0.5) is 0 Å². The van der Waals surface area contributed by atoms with Crippen LogP contribution in [0.1, 0.15) is 66.2 Å². The third-order valence-electron chi connectivity index (χ3n) is 7.19. The molecule has 1 saturated carbocycles. The molecule has 1 aliphatic heterocycles. The lowest BCUT2D eigenvalue weighted by Crippen LogP contribution is -2.49. The van der Waals surface area contributed by atoms with Crippen molar-refractivity contribution in [2.24, 2.45) is 16.7 Å². The Kier molecular flexibility index (Phi) is 3.02. The van der Waals surface area contributed by atoms with Crippen molar-refractivity contribution < 1.29 is 14.3 Å². The van der Waals surface area contributed by atoms with Crippen molar-refractivity contribution in [1.82, 2.24) is 0 Å². The van der Waals surface area contributed by atoms with Crippen LogP contribution in [0.25, 0.3) is 0 Å². The molecule has 3 atom stereocenters. The monoisotopic (exact) mass is 314 g/mol. The number of hydrogen-bond acceptors (Lipinski definition) is 3. The van der Waals surface area contributed by atoms with Crippen LogP contribution in [0.3, 0.4) is 0 Å². The van der Waals surface area contributed by atoms with Gasteiger partial charge in [0.25, 0.3) is 0 Å². The van der Waals surface area contributed by atoms with E-state index in [0.717, 1.165) is 29.6 Å². The van der Waals surface area contributed by atoms with Crippen molar-refractivity contribution in [3.05, 3.63) is 22.3 Å². The minimum Gasteiger partial charge on any atom is -0.454 e. The maximum Gasteiger partial charge on any atom is 0.334 e. The van der Waals surface area contributed by atoms with Crippen LogP contribution in [0.15, 0.2) is 22.3 Å². The van der Waals surface area contributed by atoms with E-state index in [4.69, 9.17) is 4.74 Å². The van der Waals surface area contributed by atoms with Crippen LogP contribution in [-0.4, -0.2) is 17.9 Å². The molecule has 0 bridgehead atoms. The van der Waals surface area contributed by atoms with Gasteiger partial charge in [0.2, 0.25) is 0 Å². The molecule has 0 spiro atoms. The third kappa shape index (κ3) is 1.95. The van der Waals surface area contributed by atoms with Gasteiger partial charge in [-0.3, -0.25) is 4.79 Å². The van der Waals surface area contributed by atoms with Gasteiger partial charge in [-0.2, -0.15) is 0 Å². The molecule has 4 rings (SSSR count). The molecule has 1 fully saturated rings. The Bertz CT molecular complexity index is 679. The summed E-state index contributed by atoms with van der Waals surface area (Å²) in [7, 11) is 0. The fourth-order valence-corrected chi connectivity index (χ4v) is 5.82. The number of ether oxygens (including phenoxy) is 1. The number of allylic oxidation sites excluding steroid dienone is 1. The number of carbonyl (C=O) groups is 2. The fourth-order valence-electron chi connectivity index (χ4n) is 5.82. The van der Waals surface area contributed by atoms with Crippen LogP contribution >= 0.6 is 0 Å². The predicted octanol–water partition coefficient (Wildman–Crippen LogP) is 4.12. The maximum atomic E-state index is 12.9. The van der Waals surface area contributed by atoms with E-state index in [1.807, 2.05) is 6.92 Å².